The van der Waals surface area contributed by atoms with E-state index in [-0.39, 0.29) is 20.1 Å². The molecule has 0 saturated heterocycles. The number of pyridine rings is 3. The molecule has 25 rings (SSSR count). The maximum atomic E-state index is 5.52. The first-order chi connectivity index (χ1) is 66.9. The molecule has 19 aromatic carbocycles. The number of nitrogens with zero attached hydrogens (tertiary/aromatic N) is 6. The van der Waals surface area contributed by atoms with E-state index in [2.05, 4.69) is 505 Å². The summed E-state index contributed by atoms with van der Waals surface area (Å²) in [4.78, 5) is 16.5. The first kappa shape index (κ1) is 81.9. The number of benzene rings is 19. The molecule has 0 atom stereocenters. The molecule has 0 saturated carbocycles. The summed E-state index contributed by atoms with van der Waals surface area (Å²) >= 11 is 0. The number of hydrogen-bond donors (Lipinski definition) is 0. The summed E-state index contributed by atoms with van der Waals surface area (Å²) in [6.45, 7) is 0. The SMILES string of the molecule is [Ir+3].[c-]1ccc(-n2c3ccccc3c3cc(-c4ccccc4)ccc32)cc1-c1cc(-c2ccccc2)c(-c2ccccc2-c2cc(-c3ccccc3-c3cnc(-c4[c-]ccc(-n5c6ccccc6c6cc(-c7ccccc7)ccc65)c4)cc3-c3ccccc3)cc(-c3ccccc3-c3cnc(-c4[c-]ccc(-n5c6ccccc6c6cc(-c7ccccc7)ccc65)c4)cc3-c3ccccc3)c2)cn1. The van der Waals surface area contributed by atoms with E-state index in [9.17, 15) is 0 Å². The minimum atomic E-state index is 0. The topological polar surface area (TPSA) is 53.5 Å². The molecule has 25 aromatic rings. The van der Waals surface area contributed by atoms with Crippen molar-refractivity contribution in [3.63, 3.8) is 0 Å². The van der Waals surface area contributed by atoms with Gasteiger partial charge in [-0.25, -0.2) is 0 Å². The van der Waals surface area contributed by atoms with E-state index in [1.807, 2.05) is 18.2 Å². The van der Waals surface area contributed by atoms with Crippen LogP contribution < -0.4 is 0 Å². The normalized spacial score (nSPS) is 11.5. The van der Waals surface area contributed by atoms with E-state index in [0.29, 0.717) is 0 Å². The van der Waals surface area contributed by atoms with Gasteiger partial charge in [0.2, 0.25) is 0 Å². The first-order valence-corrected chi connectivity index (χ1v) is 45.9. The summed E-state index contributed by atoms with van der Waals surface area (Å²) in [5, 5.41) is 7.16. The van der Waals surface area contributed by atoms with Crippen LogP contribution in [0.4, 0.5) is 0 Å². The number of aromatic nitrogens is 6. The van der Waals surface area contributed by atoms with Gasteiger partial charge in [0.15, 0.2) is 0 Å². The molecule has 0 amide bonds. The second kappa shape index (κ2) is 35.1. The molecule has 6 aromatic heterocycles. The second-order valence-corrected chi connectivity index (χ2v) is 34.6. The van der Waals surface area contributed by atoms with Crippen LogP contribution >= 0.6 is 0 Å². The van der Waals surface area contributed by atoms with E-state index in [1.54, 1.807) is 0 Å². The van der Waals surface area contributed by atoms with Crippen molar-refractivity contribution < 1.29 is 20.1 Å². The van der Waals surface area contributed by atoms with Crippen molar-refractivity contribution in [1.29, 1.82) is 0 Å². The minimum absolute atomic E-state index is 0. The Morgan fingerprint density at radius 3 is 0.669 bits per heavy atom. The van der Waals surface area contributed by atoms with Gasteiger partial charge in [0.1, 0.15) is 0 Å². The minimum Gasteiger partial charge on any atom is -0.327 e. The molecule has 6 nitrogen and oxygen atoms in total. The van der Waals surface area contributed by atoms with Gasteiger partial charge in [-0.2, -0.15) is 0 Å². The van der Waals surface area contributed by atoms with Crippen molar-refractivity contribution in [2.24, 2.45) is 0 Å². The Kier molecular flexibility index (Phi) is 21.1. The van der Waals surface area contributed by atoms with Crippen LogP contribution in [0.2, 0.25) is 0 Å². The Morgan fingerprint density at radius 2 is 0.390 bits per heavy atom. The van der Waals surface area contributed by atoms with Gasteiger partial charge in [0.05, 0.1) is 33.1 Å². The van der Waals surface area contributed by atoms with Gasteiger partial charge < -0.3 is 28.7 Å². The van der Waals surface area contributed by atoms with Crippen LogP contribution in [0.25, 0.3) is 250 Å². The van der Waals surface area contributed by atoms with Crippen molar-refractivity contribution in [2.45, 2.75) is 0 Å². The van der Waals surface area contributed by atoms with Crippen molar-refractivity contribution in [3.8, 4) is 184 Å². The van der Waals surface area contributed by atoms with Gasteiger partial charge in [-0.3, -0.25) is 0 Å². The molecule has 0 fully saturated rings. The molecule has 6 heterocycles. The zero-order valence-corrected chi connectivity index (χ0v) is 76.2. The van der Waals surface area contributed by atoms with E-state index in [0.717, 1.165) is 184 Å². The predicted molar refractivity (Wildman–Crippen MR) is 561 cm³/mol. The van der Waals surface area contributed by atoms with Crippen LogP contribution in [0.1, 0.15) is 0 Å². The molecule has 0 aliphatic carbocycles. The molecular formula is C129H81IrN6. The molecular weight excluding hydrogens is 1830 g/mol. The molecule has 0 N–H and O–H groups in total. The van der Waals surface area contributed by atoms with E-state index in [4.69, 9.17) is 15.0 Å². The largest absolute Gasteiger partial charge is 3.00 e. The van der Waals surface area contributed by atoms with Gasteiger partial charge in [-0.15, -0.1) is 89.5 Å². The van der Waals surface area contributed by atoms with Crippen LogP contribution in [-0.2, 0) is 20.1 Å². The maximum absolute atomic E-state index is 5.52. The molecule has 0 bridgehead atoms. The summed E-state index contributed by atoms with van der Waals surface area (Å²) in [5.74, 6) is 0. The van der Waals surface area contributed by atoms with Gasteiger partial charge in [0, 0.05) is 67.6 Å². The molecule has 0 aliphatic heterocycles. The zero-order chi connectivity index (χ0) is 89.2. The number of para-hydroxylation sites is 3. The Labute approximate surface area is 802 Å². The quantitative estimate of drug-likeness (QED) is 0.0805. The van der Waals surface area contributed by atoms with Crippen LogP contribution in [0, 0.1) is 18.2 Å². The third-order valence-electron chi connectivity index (χ3n) is 26.8. The van der Waals surface area contributed by atoms with Gasteiger partial charge >= 0.3 is 20.1 Å². The Balaban J connectivity index is 0.0000101. The molecule has 7 heteroatoms. The molecule has 0 unspecified atom stereocenters. The van der Waals surface area contributed by atoms with Crippen molar-refractivity contribution >= 4 is 65.4 Å². The average molecular weight is 1910 g/mol. The third kappa shape index (κ3) is 14.8. The van der Waals surface area contributed by atoms with Gasteiger partial charge in [-0.1, -0.05) is 346 Å². The third-order valence-corrected chi connectivity index (χ3v) is 26.8. The number of rotatable bonds is 18. The summed E-state index contributed by atoms with van der Waals surface area (Å²) < 4.78 is 7.14. The predicted octanol–water partition coefficient (Wildman–Crippen LogP) is 33.6. The van der Waals surface area contributed by atoms with Crippen molar-refractivity contribution in [3.05, 3.63) is 510 Å². The molecule has 136 heavy (non-hydrogen) atoms. The Morgan fingerprint density at radius 1 is 0.154 bits per heavy atom. The Bertz CT molecular complexity index is 8070. The summed E-state index contributed by atoms with van der Waals surface area (Å²) in [7, 11) is 0. The number of hydrogen-bond acceptors (Lipinski definition) is 3. The first-order valence-electron chi connectivity index (χ1n) is 45.9. The summed E-state index contributed by atoms with van der Waals surface area (Å²) in [6.07, 6.45) is 6.25. The maximum Gasteiger partial charge on any atom is 3.00 e. The van der Waals surface area contributed by atoms with Crippen LogP contribution in [0.3, 0.4) is 0 Å². The van der Waals surface area contributed by atoms with E-state index >= 15 is 0 Å². The van der Waals surface area contributed by atoms with Gasteiger partial charge in [-0.05, 0) is 224 Å². The van der Waals surface area contributed by atoms with E-state index < -0.39 is 0 Å². The zero-order valence-electron chi connectivity index (χ0n) is 73.8. The summed E-state index contributed by atoms with van der Waals surface area (Å²) in [5.41, 5.74) is 40.6. The standard InChI is InChI=1S/C129H81N6.Ir/c1-7-34-85(35-8-1)91-64-67-127-115(76-91)109-58-25-28-61-124(109)133(127)100-49-31-46-94(73-100)121-79-112(88-40-13-4-14-41-88)118(82-130-121)106-55-22-19-52-103(106)97-70-98(104-53-20-23-56-107(104)119-83-131-122(80-113(119)89-42-15-5-16-43-89)95-47-32-50-101(74-95)134-125-62-29-26-59-110(125)116-77-92(65-68-128(116)134)86-36-9-2-10-37-86)72-99(71-97)105-54-21-24-57-108(105)120-84-132-123(81-114(120)90-44-17-6-18-45-90)96-48-33-51-102(75-96)135-126-63-30-27-60-111(126)117-78-93(66-69-129(117)135)87-38-11-3-12-39-87;/h1-45,49-84H;/q-3;+3. The van der Waals surface area contributed by atoms with E-state index in [1.165, 1.54) is 65.7 Å². The Hall–Kier alpha value is -17.3. The second-order valence-electron chi connectivity index (χ2n) is 34.6. The average Bonchev–Trinajstić information content (AvgIpc) is 0.983. The number of fused-ring (bicyclic) bond motifs is 9. The van der Waals surface area contributed by atoms with Crippen LogP contribution in [0.5, 0.6) is 0 Å². The van der Waals surface area contributed by atoms with Crippen LogP contribution in [-0.4, -0.2) is 28.7 Å². The molecule has 0 radical (unpaired) electrons. The summed E-state index contributed by atoms with van der Waals surface area (Å²) in [6, 6.07) is 182. The smallest absolute Gasteiger partial charge is 0.327 e. The fourth-order valence-electron chi connectivity index (χ4n) is 20.4. The molecule has 0 spiro atoms. The monoisotopic (exact) mass is 1910 g/mol. The van der Waals surface area contributed by atoms with Crippen LogP contribution in [0.15, 0.2) is 492 Å². The molecule has 636 valence electrons. The molecule has 0 aliphatic rings. The fourth-order valence-corrected chi connectivity index (χ4v) is 20.4. The van der Waals surface area contributed by atoms with Crippen molar-refractivity contribution in [1.82, 2.24) is 28.7 Å². The van der Waals surface area contributed by atoms with Gasteiger partial charge in [0.25, 0.3) is 0 Å². The van der Waals surface area contributed by atoms with Crippen molar-refractivity contribution in [2.75, 3.05) is 0 Å². The fraction of sp³-hybridized carbons (Fsp3) is 0.